The Labute approximate surface area is 110 Å². The first-order valence-corrected chi connectivity index (χ1v) is 6.22. The molecule has 1 N–H and O–H groups in total. The SMILES string of the molecule is CNC(=O)C1CCCCN1c1ccc([N+](=O)[O-])cn1. The number of piperidine rings is 1. The number of nitrogens with zero attached hydrogens (tertiary/aromatic N) is 3. The van der Waals surface area contributed by atoms with Crippen LogP contribution in [-0.2, 0) is 4.79 Å². The molecule has 1 aromatic heterocycles. The fourth-order valence-electron chi connectivity index (χ4n) is 2.30. The maximum Gasteiger partial charge on any atom is 0.287 e. The maximum absolute atomic E-state index is 11.8. The Kier molecular flexibility index (Phi) is 3.94. The predicted molar refractivity (Wildman–Crippen MR) is 69.9 cm³/mol. The summed E-state index contributed by atoms with van der Waals surface area (Å²) in [5.74, 6) is 0.568. The van der Waals surface area contributed by atoms with Crippen LogP contribution < -0.4 is 10.2 Å². The zero-order chi connectivity index (χ0) is 13.8. The number of nitrogens with one attached hydrogen (secondary N) is 1. The van der Waals surface area contributed by atoms with Crippen molar-refractivity contribution in [3.05, 3.63) is 28.4 Å². The van der Waals surface area contributed by atoms with E-state index in [1.54, 1.807) is 13.1 Å². The number of anilines is 1. The second-order valence-electron chi connectivity index (χ2n) is 4.45. The molecule has 1 saturated heterocycles. The van der Waals surface area contributed by atoms with Crippen LogP contribution in [0.25, 0.3) is 0 Å². The topological polar surface area (TPSA) is 88.4 Å². The van der Waals surface area contributed by atoms with Gasteiger partial charge in [0.15, 0.2) is 0 Å². The molecule has 0 radical (unpaired) electrons. The van der Waals surface area contributed by atoms with Crippen LogP contribution in [-0.4, -0.2) is 35.4 Å². The first-order valence-electron chi connectivity index (χ1n) is 6.22. The summed E-state index contributed by atoms with van der Waals surface area (Å²) in [6, 6.07) is 2.77. The van der Waals surface area contributed by atoms with E-state index >= 15 is 0 Å². The molecule has 1 unspecified atom stereocenters. The van der Waals surface area contributed by atoms with Gasteiger partial charge in [-0.25, -0.2) is 4.98 Å². The molecule has 0 aliphatic carbocycles. The number of rotatable bonds is 3. The van der Waals surface area contributed by atoms with Gasteiger partial charge in [-0.05, 0) is 25.3 Å². The Morgan fingerprint density at radius 3 is 2.89 bits per heavy atom. The fourth-order valence-corrected chi connectivity index (χ4v) is 2.30. The van der Waals surface area contributed by atoms with Crippen molar-refractivity contribution in [1.82, 2.24) is 10.3 Å². The van der Waals surface area contributed by atoms with E-state index in [9.17, 15) is 14.9 Å². The molecule has 1 amide bonds. The molecule has 7 nitrogen and oxygen atoms in total. The van der Waals surface area contributed by atoms with Crippen molar-refractivity contribution in [2.75, 3.05) is 18.5 Å². The summed E-state index contributed by atoms with van der Waals surface area (Å²) in [5.41, 5.74) is -0.0442. The van der Waals surface area contributed by atoms with Crippen molar-refractivity contribution in [1.29, 1.82) is 0 Å². The fraction of sp³-hybridized carbons (Fsp3) is 0.500. The zero-order valence-electron chi connectivity index (χ0n) is 10.7. The zero-order valence-corrected chi connectivity index (χ0v) is 10.7. The summed E-state index contributed by atoms with van der Waals surface area (Å²) in [5, 5.41) is 13.2. The normalized spacial score (nSPS) is 19.0. The average Bonchev–Trinajstić information content (AvgIpc) is 2.46. The molecule has 19 heavy (non-hydrogen) atoms. The van der Waals surface area contributed by atoms with Crippen molar-refractivity contribution in [2.45, 2.75) is 25.3 Å². The molecule has 1 atom stereocenters. The second kappa shape index (κ2) is 5.64. The van der Waals surface area contributed by atoms with E-state index in [2.05, 4.69) is 10.3 Å². The van der Waals surface area contributed by atoms with E-state index in [0.717, 1.165) is 25.8 Å². The Hall–Kier alpha value is -2.18. The van der Waals surface area contributed by atoms with Gasteiger partial charge in [-0.3, -0.25) is 14.9 Å². The molecule has 1 aliphatic heterocycles. The number of carbonyl (C=O) groups excluding carboxylic acids is 1. The van der Waals surface area contributed by atoms with Gasteiger partial charge < -0.3 is 10.2 Å². The van der Waals surface area contributed by atoms with Gasteiger partial charge in [0.1, 0.15) is 18.1 Å². The van der Waals surface area contributed by atoms with Crippen molar-refractivity contribution in [3.63, 3.8) is 0 Å². The van der Waals surface area contributed by atoms with Gasteiger partial charge in [-0.1, -0.05) is 0 Å². The van der Waals surface area contributed by atoms with E-state index in [4.69, 9.17) is 0 Å². The first-order chi connectivity index (χ1) is 9.13. The number of aromatic nitrogens is 1. The van der Waals surface area contributed by atoms with Gasteiger partial charge in [0.05, 0.1) is 4.92 Å². The van der Waals surface area contributed by atoms with Crippen molar-refractivity contribution >= 4 is 17.4 Å². The smallest absolute Gasteiger partial charge is 0.287 e. The van der Waals surface area contributed by atoms with Crippen LogP contribution in [0.3, 0.4) is 0 Å². The minimum Gasteiger partial charge on any atom is -0.357 e. The van der Waals surface area contributed by atoms with Crippen LogP contribution in [0.1, 0.15) is 19.3 Å². The minimum absolute atomic E-state index is 0.0418. The van der Waals surface area contributed by atoms with E-state index in [1.807, 2.05) is 4.90 Å². The van der Waals surface area contributed by atoms with Crippen LogP contribution in [0.4, 0.5) is 11.5 Å². The highest BCUT2D eigenvalue weighted by molar-refractivity contribution is 5.84. The molecule has 0 saturated carbocycles. The molecule has 1 aliphatic rings. The van der Waals surface area contributed by atoms with Crippen molar-refractivity contribution in [2.24, 2.45) is 0 Å². The average molecular weight is 264 g/mol. The Morgan fingerprint density at radius 2 is 2.32 bits per heavy atom. The van der Waals surface area contributed by atoms with E-state index in [-0.39, 0.29) is 17.6 Å². The third-order valence-electron chi connectivity index (χ3n) is 3.29. The number of hydrogen-bond donors (Lipinski definition) is 1. The molecule has 1 fully saturated rings. The maximum atomic E-state index is 11.8. The Morgan fingerprint density at radius 1 is 1.53 bits per heavy atom. The third kappa shape index (κ3) is 2.81. The number of likely N-dealkylation sites (N-methyl/N-ethyl adjacent to an activating group) is 1. The highest BCUT2D eigenvalue weighted by atomic mass is 16.6. The molecule has 2 heterocycles. The van der Waals surface area contributed by atoms with Gasteiger partial charge in [0.2, 0.25) is 5.91 Å². The van der Waals surface area contributed by atoms with Crippen LogP contribution in [0.2, 0.25) is 0 Å². The monoisotopic (exact) mass is 264 g/mol. The summed E-state index contributed by atoms with van der Waals surface area (Å²) in [4.78, 5) is 28.0. The number of hydrogen-bond acceptors (Lipinski definition) is 5. The number of nitro groups is 1. The molecule has 102 valence electrons. The highest BCUT2D eigenvalue weighted by Crippen LogP contribution is 2.24. The van der Waals surface area contributed by atoms with Crippen molar-refractivity contribution in [3.8, 4) is 0 Å². The molecule has 2 rings (SSSR count). The quantitative estimate of drug-likeness (QED) is 0.652. The summed E-state index contributed by atoms with van der Waals surface area (Å²) >= 11 is 0. The van der Waals surface area contributed by atoms with E-state index in [1.165, 1.54) is 12.3 Å². The molecule has 0 aromatic carbocycles. The molecule has 1 aromatic rings. The summed E-state index contributed by atoms with van der Waals surface area (Å²) in [6.45, 7) is 0.739. The van der Waals surface area contributed by atoms with E-state index < -0.39 is 4.92 Å². The number of carbonyl (C=O) groups is 1. The standard InChI is InChI=1S/C12H16N4O3/c1-13-12(17)10-4-2-3-7-15(10)11-6-5-9(8-14-11)16(18)19/h5-6,8,10H,2-4,7H2,1H3,(H,13,17). The van der Waals surface area contributed by atoms with Gasteiger partial charge in [0.25, 0.3) is 5.69 Å². The highest BCUT2D eigenvalue weighted by Gasteiger charge is 2.29. The summed E-state index contributed by atoms with van der Waals surface area (Å²) in [6.07, 6.45) is 4.00. The largest absolute Gasteiger partial charge is 0.357 e. The van der Waals surface area contributed by atoms with Gasteiger partial charge >= 0.3 is 0 Å². The number of amides is 1. The lowest BCUT2D eigenvalue weighted by Crippen LogP contribution is -2.49. The Bertz CT molecular complexity index is 474. The molecular formula is C12H16N4O3. The number of pyridine rings is 1. The van der Waals surface area contributed by atoms with E-state index in [0.29, 0.717) is 5.82 Å². The third-order valence-corrected chi connectivity index (χ3v) is 3.29. The summed E-state index contributed by atoms with van der Waals surface area (Å²) in [7, 11) is 1.61. The van der Waals surface area contributed by atoms with Crippen LogP contribution >= 0.6 is 0 Å². The predicted octanol–water partition coefficient (Wildman–Crippen LogP) is 1.09. The van der Waals surface area contributed by atoms with Gasteiger partial charge in [-0.15, -0.1) is 0 Å². The first kappa shape index (κ1) is 13.3. The second-order valence-corrected chi connectivity index (χ2v) is 4.45. The molecular weight excluding hydrogens is 248 g/mol. The molecule has 0 spiro atoms. The summed E-state index contributed by atoms with van der Waals surface area (Å²) < 4.78 is 0. The lowest BCUT2D eigenvalue weighted by molar-refractivity contribution is -0.385. The van der Waals surface area contributed by atoms with Crippen molar-refractivity contribution < 1.29 is 9.72 Å². The van der Waals surface area contributed by atoms with Crippen LogP contribution in [0, 0.1) is 10.1 Å². The minimum atomic E-state index is -0.483. The van der Waals surface area contributed by atoms with Crippen LogP contribution in [0.5, 0.6) is 0 Å². The molecule has 0 bridgehead atoms. The lowest BCUT2D eigenvalue weighted by atomic mass is 10.0. The van der Waals surface area contributed by atoms with Gasteiger partial charge in [-0.2, -0.15) is 0 Å². The molecule has 7 heteroatoms. The van der Waals surface area contributed by atoms with Gasteiger partial charge in [0, 0.05) is 19.7 Å². The lowest BCUT2D eigenvalue weighted by Gasteiger charge is -2.35. The van der Waals surface area contributed by atoms with Crippen LogP contribution in [0.15, 0.2) is 18.3 Å². The Balaban J connectivity index is 2.22.